The van der Waals surface area contributed by atoms with Crippen LogP contribution in [0.5, 0.6) is 5.75 Å². The number of aliphatic carboxylic acids is 1. The Bertz CT molecular complexity index is 525. The Morgan fingerprint density at radius 2 is 1.89 bits per heavy atom. The fourth-order valence-electron chi connectivity index (χ4n) is 1.33. The maximum absolute atomic E-state index is 12.0. The zero-order chi connectivity index (χ0) is 14.5. The second-order valence-electron chi connectivity index (χ2n) is 3.64. The summed E-state index contributed by atoms with van der Waals surface area (Å²) in [5.41, 5.74) is 0. The average molecular weight is 289 g/mol. The number of carboxylic acid groups (broad SMARTS) is 1. The lowest BCUT2D eigenvalue weighted by Gasteiger charge is -2.14. The molecule has 1 aromatic rings. The third kappa shape index (κ3) is 4.19. The molecule has 19 heavy (non-hydrogen) atoms. The fourth-order valence-corrected chi connectivity index (χ4v) is 2.51. The van der Waals surface area contributed by atoms with Crippen molar-refractivity contribution >= 4 is 16.0 Å². The van der Waals surface area contributed by atoms with Crippen LogP contribution in [0.3, 0.4) is 0 Å². The van der Waals surface area contributed by atoms with Gasteiger partial charge in [0, 0.05) is 7.11 Å². The predicted molar refractivity (Wildman–Crippen MR) is 66.6 cm³/mol. The van der Waals surface area contributed by atoms with Crippen LogP contribution >= 0.6 is 0 Å². The first-order chi connectivity index (χ1) is 8.90. The number of carbonyl (C=O) groups is 1. The molecule has 0 amide bonds. The minimum Gasteiger partial charge on any atom is -0.497 e. The van der Waals surface area contributed by atoms with E-state index in [0.717, 1.165) is 0 Å². The van der Waals surface area contributed by atoms with E-state index in [0.29, 0.717) is 5.75 Å². The highest BCUT2D eigenvalue weighted by molar-refractivity contribution is 7.89. The smallest absolute Gasteiger partial charge is 0.324 e. The molecule has 2 N–H and O–H groups in total. The highest BCUT2D eigenvalue weighted by Gasteiger charge is 2.25. The molecular weight excluding hydrogens is 274 g/mol. The van der Waals surface area contributed by atoms with Gasteiger partial charge in [-0.1, -0.05) is 0 Å². The van der Waals surface area contributed by atoms with Crippen LogP contribution in [-0.2, 0) is 19.6 Å². The first-order valence-electron chi connectivity index (χ1n) is 5.29. The van der Waals surface area contributed by atoms with E-state index < -0.39 is 22.0 Å². The third-order valence-corrected chi connectivity index (χ3v) is 3.79. The van der Waals surface area contributed by atoms with Gasteiger partial charge in [-0.05, 0) is 24.3 Å². The maximum Gasteiger partial charge on any atom is 0.324 e. The summed E-state index contributed by atoms with van der Waals surface area (Å²) in [6, 6.07) is 4.26. The van der Waals surface area contributed by atoms with Gasteiger partial charge in [0.05, 0.1) is 18.6 Å². The van der Waals surface area contributed by atoms with Crippen LogP contribution in [0.2, 0.25) is 0 Å². The van der Waals surface area contributed by atoms with E-state index >= 15 is 0 Å². The van der Waals surface area contributed by atoms with E-state index in [2.05, 4.69) is 9.46 Å². The topological polar surface area (TPSA) is 102 Å². The first-order valence-corrected chi connectivity index (χ1v) is 6.77. The van der Waals surface area contributed by atoms with Gasteiger partial charge in [-0.3, -0.25) is 4.79 Å². The van der Waals surface area contributed by atoms with Gasteiger partial charge < -0.3 is 14.6 Å². The van der Waals surface area contributed by atoms with Gasteiger partial charge in [0.25, 0.3) is 0 Å². The molecule has 1 unspecified atom stereocenters. The van der Waals surface area contributed by atoms with Crippen molar-refractivity contribution in [3.8, 4) is 5.75 Å². The maximum atomic E-state index is 12.0. The molecule has 0 saturated heterocycles. The van der Waals surface area contributed by atoms with Gasteiger partial charge in [0.2, 0.25) is 10.0 Å². The van der Waals surface area contributed by atoms with Crippen LogP contribution in [-0.4, -0.2) is 46.4 Å². The van der Waals surface area contributed by atoms with E-state index in [4.69, 9.17) is 9.84 Å². The number of carboxylic acids is 1. The number of hydrogen-bond acceptors (Lipinski definition) is 5. The SMILES string of the molecule is COCC(NS(=O)(=O)c1ccc(OC)cc1)C(=O)O. The van der Waals surface area contributed by atoms with Crippen molar-refractivity contribution in [2.75, 3.05) is 20.8 Å². The van der Waals surface area contributed by atoms with Crippen LogP contribution in [0.4, 0.5) is 0 Å². The standard InChI is InChI=1S/C11H15NO6S/c1-17-7-10(11(13)14)12-19(15,16)9-5-3-8(18-2)4-6-9/h3-6,10,12H,7H2,1-2H3,(H,13,14). The Kier molecular flexibility index (Phi) is 5.28. The number of nitrogens with one attached hydrogen (secondary N) is 1. The molecule has 0 heterocycles. The Morgan fingerprint density at radius 3 is 2.32 bits per heavy atom. The molecule has 8 heteroatoms. The van der Waals surface area contributed by atoms with Crippen LogP contribution in [0.15, 0.2) is 29.2 Å². The second kappa shape index (κ2) is 6.50. The van der Waals surface area contributed by atoms with Crippen LogP contribution in [0.1, 0.15) is 0 Å². The van der Waals surface area contributed by atoms with E-state index in [-0.39, 0.29) is 11.5 Å². The molecule has 106 valence electrons. The van der Waals surface area contributed by atoms with E-state index in [1.165, 1.54) is 38.5 Å². The normalized spacial score (nSPS) is 12.9. The summed E-state index contributed by atoms with van der Waals surface area (Å²) >= 11 is 0. The van der Waals surface area contributed by atoms with Crippen molar-refractivity contribution in [2.45, 2.75) is 10.9 Å². The average Bonchev–Trinajstić information content (AvgIpc) is 2.38. The van der Waals surface area contributed by atoms with Crippen molar-refractivity contribution in [1.82, 2.24) is 4.72 Å². The molecule has 1 atom stereocenters. The number of hydrogen-bond donors (Lipinski definition) is 2. The van der Waals surface area contributed by atoms with Gasteiger partial charge in [-0.25, -0.2) is 8.42 Å². The summed E-state index contributed by atoms with van der Waals surface area (Å²) < 4.78 is 35.5. The molecule has 1 rings (SSSR count). The summed E-state index contributed by atoms with van der Waals surface area (Å²) in [6.07, 6.45) is 0. The molecular formula is C11H15NO6S. The largest absolute Gasteiger partial charge is 0.497 e. The van der Waals surface area contributed by atoms with Gasteiger partial charge in [0.15, 0.2) is 0 Å². The number of sulfonamides is 1. The number of benzene rings is 1. The van der Waals surface area contributed by atoms with Gasteiger partial charge >= 0.3 is 5.97 Å². The van der Waals surface area contributed by atoms with Crippen molar-refractivity contribution in [1.29, 1.82) is 0 Å². The predicted octanol–water partition coefficient (Wildman–Crippen LogP) is 0.0731. The van der Waals surface area contributed by atoms with E-state index in [9.17, 15) is 13.2 Å². The van der Waals surface area contributed by atoms with E-state index in [1.807, 2.05) is 0 Å². The van der Waals surface area contributed by atoms with Gasteiger partial charge in [-0.15, -0.1) is 0 Å². The fraction of sp³-hybridized carbons (Fsp3) is 0.364. The summed E-state index contributed by atoms with van der Waals surface area (Å²) in [4.78, 5) is 10.8. The van der Waals surface area contributed by atoms with Crippen molar-refractivity contribution < 1.29 is 27.8 Å². The lowest BCUT2D eigenvalue weighted by Crippen LogP contribution is -2.43. The van der Waals surface area contributed by atoms with Crippen LogP contribution in [0, 0.1) is 0 Å². The summed E-state index contributed by atoms with van der Waals surface area (Å²) in [7, 11) is -1.17. The molecule has 0 bridgehead atoms. The molecule has 0 aromatic heterocycles. The quantitative estimate of drug-likeness (QED) is 0.736. The first kappa shape index (κ1) is 15.4. The molecule has 0 aliphatic carbocycles. The van der Waals surface area contributed by atoms with Crippen molar-refractivity contribution in [3.63, 3.8) is 0 Å². The molecule has 0 saturated carbocycles. The van der Waals surface area contributed by atoms with Gasteiger partial charge in [-0.2, -0.15) is 4.72 Å². The minimum absolute atomic E-state index is 0.0457. The Balaban J connectivity index is 2.92. The zero-order valence-corrected chi connectivity index (χ0v) is 11.3. The highest BCUT2D eigenvalue weighted by atomic mass is 32.2. The Labute approximate surface area is 111 Å². The number of ether oxygens (including phenoxy) is 2. The van der Waals surface area contributed by atoms with Crippen molar-refractivity contribution in [3.05, 3.63) is 24.3 Å². The van der Waals surface area contributed by atoms with E-state index in [1.54, 1.807) is 0 Å². The minimum atomic E-state index is -3.92. The number of rotatable bonds is 7. The Morgan fingerprint density at radius 1 is 1.32 bits per heavy atom. The van der Waals surface area contributed by atoms with Gasteiger partial charge in [0.1, 0.15) is 11.8 Å². The molecule has 7 nitrogen and oxygen atoms in total. The second-order valence-corrected chi connectivity index (χ2v) is 5.36. The molecule has 0 aliphatic heterocycles. The molecule has 0 spiro atoms. The highest BCUT2D eigenvalue weighted by Crippen LogP contribution is 2.15. The monoisotopic (exact) mass is 289 g/mol. The molecule has 0 fully saturated rings. The molecule has 1 aromatic carbocycles. The van der Waals surface area contributed by atoms with Crippen molar-refractivity contribution in [2.24, 2.45) is 0 Å². The Hall–Kier alpha value is -1.64. The number of methoxy groups -OCH3 is 2. The third-order valence-electron chi connectivity index (χ3n) is 2.30. The summed E-state index contributed by atoms with van der Waals surface area (Å²) in [5.74, 6) is -0.801. The lowest BCUT2D eigenvalue weighted by molar-refractivity contribution is -0.140. The van der Waals surface area contributed by atoms with Crippen LogP contribution < -0.4 is 9.46 Å². The molecule has 0 radical (unpaired) electrons. The van der Waals surface area contributed by atoms with Crippen LogP contribution in [0.25, 0.3) is 0 Å². The zero-order valence-electron chi connectivity index (χ0n) is 10.5. The summed E-state index contributed by atoms with van der Waals surface area (Å²) in [6.45, 7) is -0.259. The molecule has 0 aliphatic rings. The lowest BCUT2D eigenvalue weighted by atomic mass is 10.3. The summed E-state index contributed by atoms with van der Waals surface area (Å²) in [5, 5.41) is 8.87.